The van der Waals surface area contributed by atoms with Gasteiger partial charge in [-0.2, -0.15) is 5.10 Å². The first-order valence-electron chi connectivity index (χ1n) is 6.83. The number of carbonyl (C=O) groups excluding carboxylic acids is 1. The number of amides is 1. The van der Waals surface area contributed by atoms with Gasteiger partial charge in [-0.1, -0.05) is 19.3 Å². The molecule has 1 amide bonds. The summed E-state index contributed by atoms with van der Waals surface area (Å²) in [5.74, 6) is 0.132. The van der Waals surface area contributed by atoms with Gasteiger partial charge in [-0.3, -0.25) is 9.89 Å². The number of aromatic nitrogens is 2. The molecule has 2 aliphatic rings. The minimum atomic E-state index is 0.0465. The fraction of sp³-hybridized carbons (Fsp3) is 0.692. The lowest BCUT2D eigenvalue weighted by Crippen LogP contribution is -2.63. The Morgan fingerprint density at radius 3 is 2.89 bits per heavy atom. The van der Waals surface area contributed by atoms with Crippen LogP contribution in [0.2, 0.25) is 0 Å². The molecule has 1 saturated heterocycles. The summed E-state index contributed by atoms with van der Waals surface area (Å²) in [6.45, 7) is 2.64. The normalized spacial score (nSPS) is 23.2. The van der Waals surface area contributed by atoms with Crippen LogP contribution in [0.15, 0.2) is 12.4 Å². The quantitative estimate of drug-likeness (QED) is 0.784. The number of piperazine rings is 1. The van der Waals surface area contributed by atoms with Crippen molar-refractivity contribution in [2.24, 2.45) is 0 Å². The molecule has 3 rings (SSSR count). The van der Waals surface area contributed by atoms with E-state index in [9.17, 15) is 4.79 Å². The second-order valence-corrected chi connectivity index (χ2v) is 5.41. The van der Waals surface area contributed by atoms with Gasteiger partial charge in [0.2, 0.25) is 0 Å². The molecule has 0 atom stereocenters. The van der Waals surface area contributed by atoms with Crippen LogP contribution in [0.3, 0.4) is 0 Å². The van der Waals surface area contributed by atoms with E-state index in [0.29, 0.717) is 5.56 Å². The van der Waals surface area contributed by atoms with Gasteiger partial charge >= 0.3 is 0 Å². The van der Waals surface area contributed by atoms with Gasteiger partial charge in [-0.15, -0.1) is 0 Å². The second kappa shape index (κ2) is 4.72. The van der Waals surface area contributed by atoms with E-state index in [1.54, 1.807) is 12.4 Å². The summed E-state index contributed by atoms with van der Waals surface area (Å²) in [5, 5.41) is 10.1. The SMILES string of the molecule is O=C(c1cn[nH]c1)N1CCNCC12CCCCC2. The van der Waals surface area contributed by atoms with Crippen molar-refractivity contribution in [2.45, 2.75) is 37.6 Å². The van der Waals surface area contributed by atoms with E-state index in [4.69, 9.17) is 0 Å². The molecule has 5 heteroatoms. The summed E-state index contributed by atoms with van der Waals surface area (Å²) in [4.78, 5) is 14.7. The third-order valence-corrected chi connectivity index (χ3v) is 4.31. The smallest absolute Gasteiger partial charge is 0.257 e. The van der Waals surface area contributed by atoms with Gasteiger partial charge in [0, 0.05) is 25.8 Å². The molecular formula is C13H20N4O. The van der Waals surface area contributed by atoms with Crippen molar-refractivity contribution >= 4 is 5.91 Å². The predicted octanol–water partition coefficient (Wildman–Crippen LogP) is 1.16. The van der Waals surface area contributed by atoms with E-state index in [2.05, 4.69) is 20.4 Å². The predicted molar refractivity (Wildman–Crippen MR) is 68.3 cm³/mol. The van der Waals surface area contributed by atoms with Crippen molar-refractivity contribution < 1.29 is 4.79 Å². The van der Waals surface area contributed by atoms with Crippen molar-refractivity contribution in [2.75, 3.05) is 19.6 Å². The van der Waals surface area contributed by atoms with Crippen LogP contribution < -0.4 is 5.32 Å². The number of nitrogens with zero attached hydrogens (tertiary/aromatic N) is 2. The first-order chi connectivity index (χ1) is 8.82. The zero-order valence-electron chi connectivity index (χ0n) is 10.6. The standard InChI is InChI=1S/C13H20N4O/c18-12(11-8-15-16-9-11)17-7-6-14-10-13(17)4-2-1-3-5-13/h8-9,14H,1-7,10H2,(H,15,16). The zero-order chi connectivity index (χ0) is 12.4. The molecule has 1 aliphatic heterocycles. The summed E-state index contributed by atoms with van der Waals surface area (Å²) in [6.07, 6.45) is 9.35. The third-order valence-electron chi connectivity index (χ3n) is 4.31. The van der Waals surface area contributed by atoms with Crippen molar-refractivity contribution in [1.29, 1.82) is 0 Å². The molecule has 1 aromatic rings. The van der Waals surface area contributed by atoms with Crippen LogP contribution in [0.5, 0.6) is 0 Å². The lowest BCUT2D eigenvalue weighted by atomic mass is 9.79. The number of rotatable bonds is 1. The highest BCUT2D eigenvalue weighted by Gasteiger charge is 2.42. The highest BCUT2D eigenvalue weighted by atomic mass is 16.2. The van der Waals surface area contributed by atoms with Gasteiger partial charge in [0.05, 0.1) is 17.3 Å². The number of aromatic amines is 1. The Morgan fingerprint density at radius 2 is 2.17 bits per heavy atom. The monoisotopic (exact) mass is 248 g/mol. The molecule has 0 aromatic carbocycles. The number of hydrogen-bond acceptors (Lipinski definition) is 3. The Labute approximate surface area is 107 Å². The van der Waals surface area contributed by atoms with Gasteiger partial charge in [-0.05, 0) is 12.8 Å². The topological polar surface area (TPSA) is 61.0 Å². The van der Waals surface area contributed by atoms with Crippen molar-refractivity contribution in [1.82, 2.24) is 20.4 Å². The minimum absolute atomic E-state index is 0.0465. The molecule has 1 aliphatic carbocycles. The summed E-state index contributed by atoms with van der Waals surface area (Å²) >= 11 is 0. The highest BCUT2D eigenvalue weighted by Crippen LogP contribution is 2.35. The van der Waals surface area contributed by atoms with Gasteiger partial charge in [0.1, 0.15) is 0 Å². The molecule has 98 valence electrons. The van der Waals surface area contributed by atoms with E-state index in [1.165, 1.54) is 19.3 Å². The van der Waals surface area contributed by atoms with Crippen LogP contribution in [0.4, 0.5) is 0 Å². The van der Waals surface area contributed by atoms with Crippen molar-refractivity contribution in [3.8, 4) is 0 Å². The van der Waals surface area contributed by atoms with Crippen LogP contribution in [0.1, 0.15) is 42.5 Å². The minimum Gasteiger partial charge on any atom is -0.330 e. The number of carbonyl (C=O) groups is 1. The summed E-state index contributed by atoms with van der Waals surface area (Å²) < 4.78 is 0. The maximum absolute atomic E-state index is 12.6. The first-order valence-corrected chi connectivity index (χ1v) is 6.83. The summed E-state index contributed by atoms with van der Waals surface area (Å²) in [5.41, 5.74) is 0.729. The van der Waals surface area contributed by atoms with E-state index in [1.807, 2.05) is 0 Å². The first kappa shape index (κ1) is 11.7. The molecule has 1 saturated carbocycles. The molecule has 2 fully saturated rings. The molecule has 18 heavy (non-hydrogen) atoms. The molecular weight excluding hydrogens is 228 g/mol. The molecule has 1 aromatic heterocycles. The largest absolute Gasteiger partial charge is 0.330 e. The van der Waals surface area contributed by atoms with Crippen molar-refractivity contribution in [3.63, 3.8) is 0 Å². The summed E-state index contributed by atoms with van der Waals surface area (Å²) in [7, 11) is 0. The fourth-order valence-electron chi connectivity index (χ4n) is 3.34. The lowest BCUT2D eigenvalue weighted by Gasteiger charge is -2.49. The van der Waals surface area contributed by atoms with Crippen LogP contribution in [-0.4, -0.2) is 46.2 Å². The summed E-state index contributed by atoms with van der Waals surface area (Å²) in [6, 6.07) is 0. The van der Waals surface area contributed by atoms with Crippen LogP contribution >= 0.6 is 0 Å². The maximum atomic E-state index is 12.6. The Bertz CT molecular complexity index is 400. The highest BCUT2D eigenvalue weighted by molar-refractivity contribution is 5.94. The maximum Gasteiger partial charge on any atom is 0.257 e. The van der Waals surface area contributed by atoms with E-state index >= 15 is 0 Å². The van der Waals surface area contributed by atoms with Gasteiger partial charge in [0.15, 0.2) is 0 Å². The lowest BCUT2D eigenvalue weighted by molar-refractivity contribution is 0.0222. The van der Waals surface area contributed by atoms with Crippen LogP contribution in [0.25, 0.3) is 0 Å². The molecule has 0 unspecified atom stereocenters. The van der Waals surface area contributed by atoms with Crippen molar-refractivity contribution in [3.05, 3.63) is 18.0 Å². The Hall–Kier alpha value is -1.36. The van der Waals surface area contributed by atoms with Gasteiger partial charge in [0.25, 0.3) is 5.91 Å². The van der Waals surface area contributed by atoms with Gasteiger partial charge < -0.3 is 10.2 Å². The molecule has 2 heterocycles. The Balaban J connectivity index is 1.85. The second-order valence-electron chi connectivity index (χ2n) is 5.41. The van der Waals surface area contributed by atoms with E-state index < -0.39 is 0 Å². The Morgan fingerprint density at radius 1 is 1.33 bits per heavy atom. The molecule has 0 radical (unpaired) electrons. The molecule has 5 nitrogen and oxygen atoms in total. The van der Waals surface area contributed by atoms with E-state index in [-0.39, 0.29) is 11.4 Å². The zero-order valence-corrected chi connectivity index (χ0v) is 10.6. The number of nitrogens with one attached hydrogen (secondary N) is 2. The molecule has 2 N–H and O–H groups in total. The van der Waals surface area contributed by atoms with Gasteiger partial charge in [-0.25, -0.2) is 0 Å². The molecule has 0 bridgehead atoms. The molecule has 1 spiro atoms. The van der Waals surface area contributed by atoms with Crippen LogP contribution in [0, 0.1) is 0 Å². The van der Waals surface area contributed by atoms with Crippen LogP contribution in [-0.2, 0) is 0 Å². The number of hydrogen-bond donors (Lipinski definition) is 2. The van der Waals surface area contributed by atoms with E-state index in [0.717, 1.165) is 32.5 Å². The Kier molecular flexibility index (Phi) is 3.07. The fourth-order valence-corrected chi connectivity index (χ4v) is 3.34. The third kappa shape index (κ3) is 1.92. The number of H-pyrrole nitrogens is 1. The average Bonchev–Trinajstić information content (AvgIpc) is 2.93. The average molecular weight is 248 g/mol.